The highest BCUT2D eigenvalue weighted by molar-refractivity contribution is 5.98. The van der Waals surface area contributed by atoms with Gasteiger partial charge in [0.1, 0.15) is 29.8 Å². The molecule has 1 saturated carbocycles. The lowest BCUT2D eigenvalue weighted by molar-refractivity contribution is -0.158. The minimum absolute atomic E-state index is 0.107. The van der Waals surface area contributed by atoms with Crippen molar-refractivity contribution in [1.29, 1.82) is 5.26 Å². The number of nitrogens with zero attached hydrogens (tertiary/aromatic N) is 4. The van der Waals surface area contributed by atoms with E-state index in [1.807, 2.05) is 0 Å². The van der Waals surface area contributed by atoms with E-state index in [2.05, 4.69) is 21.4 Å². The van der Waals surface area contributed by atoms with Crippen molar-refractivity contribution in [3.63, 3.8) is 0 Å². The summed E-state index contributed by atoms with van der Waals surface area (Å²) in [6.07, 6.45) is -2.36. The lowest BCUT2D eigenvalue weighted by atomic mass is 10.0. The van der Waals surface area contributed by atoms with Crippen LogP contribution in [0.2, 0.25) is 0 Å². The van der Waals surface area contributed by atoms with Gasteiger partial charge in [-0.2, -0.15) is 18.4 Å². The maximum absolute atomic E-state index is 13.3. The third kappa shape index (κ3) is 3.79. The van der Waals surface area contributed by atoms with Crippen molar-refractivity contribution < 1.29 is 22.7 Å². The van der Waals surface area contributed by atoms with Crippen LogP contribution in [0.5, 0.6) is 5.75 Å². The molecular formula is C21H18F3N5O2. The first-order chi connectivity index (χ1) is 14.7. The van der Waals surface area contributed by atoms with Crippen LogP contribution in [0, 0.1) is 24.2 Å². The highest BCUT2D eigenvalue weighted by atomic mass is 19.4. The van der Waals surface area contributed by atoms with Gasteiger partial charge in [0.15, 0.2) is 11.3 Å². The Bertz CT molecular complexity index is 1210. The Hall–Kier alpha value is -3.61. The molecule has 1 aliphatic rings. The lowest BCUT2D eigenvalue weighted by Gasteiger charge is -2.20. The zero-order valence-electron chi connectivity index (χ0n) is 16.7. The molecule has 160 valence electrons. The number of aryl methyl sites for hydroxylation is 1. The summed E-state index contributed by atoms with van der Waals surface area (Å²) in [5.74, 6) is -1.19. The Labute approximate surface area is 175 Å². The van der Waals surface area contributed by atoms with Gasteiger partial charge in [0.25, 0.3) is 5.91 Å². The standard InChI is InChI=1S/C21H18F3N5O2/c1-11-8-15(13-4-3-5-16(31-2)14(13)9-25)27-19-17(26-10-29(11)19)20(30)28-18(12-6-7-12)21(22,23)24/h3-5,8,10,12,18H,6-7H2,1-2H3,(H,28,30). The fraction of sp³-hybridized carbons (Fsp3) is 0.333. The molecule has 0 spiro atoms. The number of benzene rings is 1. The van der Waals surface area contributed by atoms with Gasteiger partial charge >= 0.3 is 6.18 Å². The number of rotatable bonds is 5. The molecule has 1 atom stereocenters. The number of fused-ring (bicyclic) bond motifs is 1. The number of nitrogens with one attached hydrogen (secondary N) is 1. The minimum atomic E-state index is -4.54. The van der Waals surface area contributed by atoms with E-state index >= 15 is 0 Å². The fourth-order valence-electron chi connectivity index (χ4n) is 3.55. The molecule has 2 aromatic heterocycles. The summed E-state index contributed by atoms with van der Waals surface area (Å²) in [7, 11) is 1.44. The second-order valence-electron chi connectivity index (χ2n) is 7.39. The molecule has 0 bridgehead atoms. The predicted octanol–water partition coefficient (Wildman–Crippen LogP) is 3.66. The molecule has 0 saturated heterocycles. The van der Waals surface area contributed by atoms with Crippen LogP contribution in [0.3, 0.4) is 0 Å². The maximum atomic E-state index is 13.3. The van der Waals surface area contributed by atoms with Crippen LogP contribution < -0.4 is 10.1 Å². The third-order valence-electron chi connectivity index (χ3n) is 5.28. The van der Waals surface area contributed by atoms with E-state index < -0.39 is 24.0 Å². The molecule has 1 fully saturated rings. The van der Waals surface area contributed by atoms with E-state index in [9.17, 15) is 23.2 Å². The number of imidazole rings is 1. The Morgan fingerprint density at radius 1 is 1.39 bits per heavy atom. The van der Waals surface area contributed by atoms with Gasteiger partial charge in [-0.05, 0) is 37.8 Å². The van der Waals surface area contributed by atoms with Gasteiger partial charge < -0.3 is 10.1 Å². The van der Waals surface area contributed by atoms with Gasteiger partial charge in [0.2, 0.25) is 0 Å². The molecule has 10 heteroatoms. The van der Waals surface area contributed by atoms with Crippen LogP contribution >= 0.6 is 0 Å². The van der Waals surface area contributed by atoms with Crippen molar-refractivity contribution in [3.05, 3.63) is 47.5 Å². The summed E-state index contributed by atoms with van der Waals surface area (Å²) in [5, 5.41) is 11.6. The van der Waals surface area contributed by atoms with Crippen molar-refractivity contribution in [2.45, 2.75) is 32.0 Å². The molecule has 0 aliphatic heterocycles. The summed E-state index contributed by atoms with van der Waals surface area (Å²) in [6.45, 7) is 1.75. The second kappa shape index (κ2) is 7.58. The number of nitriles is 1. The van der Waals surface area contributed by atoms with Crippen molar-refractivity contribution in [2.24, 2.45) is 5.92 Å². The first-order valence-electron chi connectivity index (χ1n) is 9.54. The summed E-state index contributed by atoms with van der Waals surface area (Å²) in [6, 6.07) is 6.89. The number of alkyl halides is 3. The van der Waals surface area contributed by atoms with Gasteiger partial charge in [-0.15, -0.1) is 0 Å². The molecule has 4 rings (SSSR count). The summed E-state index contributed by atoms with van der Waals surface area (Å²) in [5.41, 5.74) is 1.67. The summed E-state index contributed by atoms with van der Waals surface area (Å²) < 4.78 is 46.7. The molecular weight excluding hydrogens is 411 g/mol. The van der Waals surface area contributed by atoms with Crippen molar-refractivity contribution in [3.8, 4) is 23.1 Å². The van der Waals surface area contributed by atoms with Crippen LogP contribution in [0.4, 0.5) is 13.2 Å². The molecule has 0 radical (unpaired) electrons. The fourth-order valence-corrected chi connectivity index (χ4v) is 3.55. The second-order valence-corrected chi connectivity index (χ2v) is 7.39. The summed E-state index contributed by atoms with van der Waals surface area (Å²) in [4.78, 5) is 21.2. The van der Waals surface area contributed by atoms with E-state index in [1.54, 1.807) is 31.2 Å². The van der Waals surface area contributed by atoms with E-state index in [-0.39, 0.29) is 16.9 Å². The van der Waals surface area contributed by atoms with Crippen molar-refractivity contribution >= 4 is 11.6 Å². The largest absolute Gasteiger partial charge is 0.495 e. The third-order valence-corrected chi connectivity index (χ3v) is 5.28. The number of ether oxygens (including phenoxy) is 1. The number of carbonyl (C=O) groups is 1. The molecule has 1 aliphatic carbocycles. The van der Waals surface area contributed by atoms with Gasteiger partial charge in [-0.1, -0.05) is 12.1 Å². The Kier molecular flexibility index (Phi) is 5.05. The van der Waals surface area contributed by atoms with Gasteiger partial charge in [-0.25, -0.2) is 9.97 Å². The van der Waals surface area contributed by atoms with Crippen LogP contribution in [-0.4, -0.2) is 39.6 Å². The number of aromatic nitrogens is 3. The lowest BCUT2D eigenvalue weighted by Crippen LogP contribution is -2.47. The molecule has 1 amide bonds. The zero-order chi connectivity index (χ0) is 22.3. The van der Waals surface area contributed by atoms with Crippen molar-refractivity contribution in [2.75, 3.05) is 7.11 Å². The first kappa shape index (κ1) is 20.7. The number of carbonyl (C=O) groups excluding carboxylic acids is 1. The number of amides is 1. The Morgan fingerprint density at radius 3 is 2.74 bits per heavy atom. The number of hydrogen-bond donors (Lipinski definition) is 1. The quantitative estimate of drug-likeness (QED) is 0.668. The van der Waals surface area contributed by atoms with Crippen LogP contribution in [0.15, 0.2) is 30.6 Å². The average molecular weight is 429 g/mol. The SMILES string of the molecule is COc1cccc(-c2cc(C)n3cnc(C(=O)NC(C4CC4)C(F)(F)F)c3n2)c1C#N. The minimum Gasteiger partial charge on any atom is -0.495 e. The van der Waals surface area contributed by atoms with Crippen LogP contribution in [0.1, 0.15) is 34.6 Å². The van der Waals surface area contributed by atoms with E-state index in [1.165, 1.54) is 17.8 Å². The van der Waals surface area contributed by atoms with Crippen LogP contribution in [0.25, 0.3) is 16.9 Å². The highest BCUT2D eigenvalue weighted by Crippen LogP contribution is 2.40. The molecule has 1 N–H and O–H groups in total. The van der Waals surface area contributed by atoms with E-state index in [0.29, 0.717) is 35.5 Å². The first-order valence-corrected chi connectivity index (χ1v) is 9.54. The van der Waals surface area contributed by atoms with E-state index in [4.69, 9.17) is 4.74 Å². The topological polar surface area (TPSA) is 92.3 Å². The normalized spacial score (nSPS) is 14.8. The highest BCUT2D eigenvalue weighted by Gasteiger charge is 2.50. The average Bonchev–Trinajstić information content (AvgIpc) is 3.47. The van der Waals surface area contributed by atoms with Crippen molar-refractivity contribution in [1.82, 2.24) is 19.7 Å². The Balaban J connectivity index is 1.78. The molecule has 1 unspecified atom stereocenters. The summed E-state index contributed by atoms with van der Waals surface area (Å²) >= 11 is 0. The molecule has 1 aromatic carbocycles. The Morgan fingerprint density at radius 2 is 2.13 bits per heavy atom. The van der Waals surface area contributed by atoms with E-state index in [0.717, 1.165) is 0 Å². The number of halogens is 3. The smallest absolute Gasteiger partial charge is 0.408 e. The molecule has 3 aromatic rings. The maximum Gasteiger partial charge on any atom is 0.408 e. The number of methoxy groups -OCH3 is 1. The van der Waals surface area contributed by atoms with Gasteiger partial charge in [-0.3, -0.25) is 9.20 Å². The predicted molar refractivity (Wildman–Crippen MR) is 104 cm³/mol. The molecule has 31 heavy (non-hydrogen) atoms. The molecule has 7 nitrogen and oxygen atoms in total. The monoisotopic (exact) mass is 429 g/mol. The number of hydrogen-bond acceptors (Lipinski definition) is 5. The van der Waals surface area contributed by atoms with Gasteiger partial charge in [0.05, 0.1) is 12.8 Å². The van der Waals surface area contributed by atoms with Gasteiger partial charge in [0, 0.05) is 11.3 Å². The zero-order valence-corrected chi connectivity index (χ0v) is 16.7. The molecule has 2 heterocycles. The van der Waals surface area contributed by atoms with Crippen LogP contribution in [-0.2, 0) is 0 Å².